The van der Waals surface area contributed by atoms with E-state index < -0.39 is 5.91 Å². The molecule has 0 aliphatic heterocycles. The number of aryl methyl sites for hydroxylation is 1. The van der Waals surface area contributed by atoms with Gasteiger partial charge >= 0.3 is 6.01 Å². The van der Waals surface area contributed by atoms with Gasteiger partial charge in [0, 0.05) is 5.38 Å². The van der Waals surface area contributed by atoms with E-state index in [4.69, 9.17) is 16.0 Å². The molecule has 0 spiro atoms. The molecule has 3 rings (SSSR count). The molecule has 21 heavy (non-hydrogen) atoms. The number of hydrogen-bond donors (Lipinski definition) is 1. The number of carbonyl (C=O) groups excluding carboxylic acids is 1. The number of benzene rings is 1. The molecule has 3 aromatic rings. The molecule has 0 saturated carbocycles. The second-order valence-corrected chi connectivity index (χ2v) is 5.57. The molecule has 1 N–H and O–H groups in total. The smallest absolute Gasteiger partial charge is 0.322 e. The van der Waals surface area contributed by atoms with Crippen molar-refractivity contribution in [3.63, 3.8) is 0 Å². The third kappa shape index (κ3) is 2.93. The number of aromatic nitrogens is 3. The number of nitrogens with zero attached hydrogens (tertiary/aromatic N) is 3. The van der Waals surface area contributed by atoms with Gasteiger partial charge in [-0.2, -0.15) is 0 Å². The zero-order valence-electron chi connectivity index (χ0n) is 10.8. The van der Waals surface area contributed by atoms with Gasteiger partial charge in [-0.05, 0) is 19.1 Å². The summed E-state index contributed by atoms with van der Waals surface area (Å²) < 4.78 is 5.36. The van der Waals surface area contributed by atoms with Crippen LogP contribution in [0.3, 0.4) is 0 Å². The number of amides is 1. The molecule has 0 fully saturated rings. The van der Waals surface area contributed by atoms with Crippen molar-refractivity contribution in [2.45, 2.75) is 6.92 Å². The number of carbonyl (C=O) groups is 1. The first-order valence-corrected chi connectivity index (χ1v) is 7.21. The van der Waals surface area contributed by atoms with Gasteiger partial charge in [-0.1, -0.05) is 28.8 Å². The fourth-order valence-electron chi connectivity index (χ4n) is 1.65. The number of anilines is 1. The van der Waals surface area contributed by atoms with Crippen LogP contribution in [-0.4, -0.2) is 21.1 Å². The maximum absolute atomic E-state index is 12.0. The van der Waals surface area contributed by atoms with Gasteiger partial charge in [0.25, 0.3) is 11.8 Å². The van der Waals surface area contributed by atoms with Gasteiger partial charge in [0.1, 0.15) is 5.69 Å². The summed E-state index contributed by atoms with van der Waals surface area (Å²) in [4.78, 5) is 16.3. The highest BCUT2D eigenvalue weighted by molar-refractivity contribution is 7.09. The summed E-state index contributed by atoms with van der Waals surface area (Å²) in [5.74, 6) is -0.154. The van der Waals surface area contributed by atoms with E-state index in [0.717, 1.165) is 5.01 Å². The SMILES string of the molecule is Cc1nc(-c2nnc(NC(=O)c3ccccc3Cl)o2)cs1. The van der Waals surface area contributed by atoms with Crippen molar-refractivity contribution in [2.75, 3.05) is 5.32 Å². The largest absolute Gasteiger partial charge is 0.401 e. The quantitative estimate of drug-likeness (QED) is 0.799. The summed E-state index contributed by atoms with van der Waals surface area (Å²) in [5.41, 5.74) is 0.923. The summed E-state index contributed by atoms with van der Waals surface area (Å²) in [7, 11) is 0. The van der Waals surface area contributed by atoms with Gasteiger partial charge in [-0.25, -0.2) is 4.98 Å². The molecule has 0 bridgehead atoms. The van der Waals surface area contributed by atoms with E-state index in [0.29, 0.717) is 16.3 Å². The predicted octanol–water partition coefficient (Wildman–Crippen LogP) is 3.41. The molecule has 2 heterocycles. The van der Waals surface area contributed by atoms with Crippen LogP contribution in [0.15, 0.2) is 34.1 Å². The van der Waals surface area contributed by atoms with E-state index in [9.17, 15) is 4.79 Å². The minimum absolute atomic E-state index is 0.000530. The molecule has 1 aromatic carbocycles. The third-order valence-electron chi connectivity index (χ3n) is 2.60. The van der Waals surface area contributed by atoms with Crippen LogP contribution in [0.25, 0.3) is 11.6 Å². The lowest BCUT2D eigenvalue weighted by Gasteiger charge is -2.01. The van der Waals surface area contributed by atoms with Crippen LogP contribution in [0.2, 0.25) is 5.02 Å². The highest BCUT2D eigenvalue weighted by atomic mass is 35.5. The molecule has 106 valence electrons. The molecule has 1 amide bonds. The van der Waals surface area contributed by atoms with Crippen LogP contribution >= 0.6 is 22.9 Å². The van der Waals surface area contributed by atoms with Crippen LogP contribution in [0.4, 0.5) is 6.01 Å². The van der Waals surface area contributed by atoms with E-state index in [2.05, 4.69) is 20.5 Å². The minimum Gasteiger partial charge on any atom is -0.401 e. The van der Waals surface area contributed by atoms with Crippen LogP contribution in [0, 0.1) is 6.92 Å². The van der Waals surface area contributed by atoms with Gasteiger partial charge in [0.15, 0.2) is 0 Å². The molecule has 0 aliphatic carbocycles. The van der Waals surface area contributed by atoms with Crippen LogP contribution < -0.4 is 5.32 Å². The first-order chi connectivity index (χ1) is 10.1. The van der Waals surface area contributed by atoms with E-state index in [-0.39, 0.29) is 11.9 Å². The Hall–Kier alpha value is -2.25. The second-order valence-electron chi connectivity index (χ2n) is 4.10. The summed E-state index contributed by atoms with van der Waals surface area (Å²) in [6.07, 6.45) is 0. The Balaban J connectivity index is 1.79. The van der Waals surface area contributed by atoms with E-state index in [1.807, 2.05) is 12.3 Å². The number of hydrogen-bond acceptors (Lipinski definition) is 6. The predicted molar refractivity (Wildman–Crippen MR) is 79.5 cm³/mol. The Labute approximate surface area is 128 Å². The number of halogens is 1. The third-order valence-corrected chi connectivity index (χ3v) is 3.71. The lowest BCUT2D eigenvalue weighted by atomic mass is 10.2. The van der Waals surface area contributed by atoms with Crippen molar-refractivity contribution in [1.29, 1.82) is 0 Å². The molecule has 0 saturated heterocycles. The van der Waals surface area contributed by atoms with Gasteiger partial charge < -0.3 is 4.42 Å². The first kappa shape index (κ1) is 13.7. The highest BCUT2D eigenvalue weighted by Gasteiger charge is 2.15. The van der Waals surface area contributed by atoms with Crippen molar-refractivity contribution >= 4 is 34.9 Å². The average Bonchev–Trinajstić information content (AvgIpc) is 3.08. The van der Waals surface area contributed by atoms with Crippen LogP contribution in [0.1, 0.15) is 15.4 Å². The minimum atomic E-state index is -0.412. The average molecular weight is 321 g/mol. The molecule has 0 unspecified atom stereocenters. The molecule has 6 nitrogen and oxygen atoms in total. The Morgan fingerprint density at radius 2 is 2.14 bits per heavy atom. The molecule has 0 radical (unpaired) electrons. The van der Waals surface area contributed by atoms with E-state index >= 15 is 0 Å². The fourth-order valence-corrected chi connectivity index (χ4v) is 2.46. The molecule has 8 heteroatoms. The summed E-state index contributed by atoms with van der Waals surface area (Å²) in [5, 5.41) is 13.2. The highest BCUT2D eigenvalue weighted by Crippen LogP contribution is 2.22. The number of nitrogens with one attached hydrogen (secondary N) is 1. The lowest BCUT2D eigenvalue weighted by Crippen LogP contribution is -2.12. The molecular weight excluding hydrogens is 312 g/mol. The van der Waals surface area contributed by atoms with Crippen LogP contribution in [0.5, 0.6) is 0 Å². The van der Waals surface area contributed by atoms with Crippen LogP contribution in [-0.2, 0) is 0 Å². The monoisotopic (exact) mass is 320 g/mol. The second kappa shape index (κ2) is 5.63. The Morgan fingerprint density at radius 1 is 1.33 bits per heavy atom. The maximum atomic E-state index is 12.0. The van der Waals surface area contributed by atoms with Crippen molar-refractivity contribution in [3.05, 3.63) is 45.2 Å². The Bertz CT molecular complexity index is 799. The lowest BCUT2D eigenvalue weighted by molar-refractivity contribution is 0.102. The molecular formula is C13H9ClN4O2S. The number of rotatable bonds is 3. The number of thiazole rings is 1. The Morgan fingerprint density at radius 3 is 2.86 bits per heavy atom. The zero-order chi connectivity index (χ0) is 14.8. The fraction of sp³-hybridized carbons (Fsp3) is 0.0769. The maximum Gasteiger partial charge on any atom is 0.322 e. The summed E-state index contributed by atoms with van der Waals surface area (Å²) in [6, 6.07) is 6.71. The zero-order valence-corrected chi connectivity index (χ0v) is 12.4. The molecule has 0 atom stereocenters. The molecule has 2 aromatic heterocycles. The summed E-state index contributed by atoms with van der Waals surface area (Å²) in [6.45, 7) is 1.88. The topological polar surface area (TPSA) is 80.9 Å². The van der Waals surface area contributed by atoms with Gasteiger partial charge in [-0.15, -0.1) is 16.4 Å². The summed E-state index contributed by atoms with van der Waals surface area (Å²) >= 11 is 7.43. The van der Waals surface area contributed by atoms with Gasteiger partial charge in [0.2, 0.25) is 0 Å². The van der Waals surface area contributed by atoms with Crippen molar-refractivity contribution in [2.24, 2.45) is 0 Å². The Kier molecular flexibility index (Phi) is 3.68. The van der Waals surface area contributed by atoms with E-state index in [1.54, 1.807) is 24.3 Å². The van der Waals surface area contributed by atoms with Gasteiger partial charge in [0.05, 0.1) is 15.6 Å². The van der Waals surface area contributed by atoms with Crippen molar-refractivity contribution < 1.29 is 9.21 Å². The first-order valence-electron chi connectivity index (χ1n) is 5.95. The van der Waals surface area contributed by atoms with Gasteiger partial charge in [-0.3, -0.25) is 10.1 Å². The van der Waals surface area contributed by atoms with E-state index in [1.165, 1.54) is 11.3 Å². The van der Waals surface area contributed by atoms with Crippen molar-refractivity contribution in [1.82, 2.24) is 15.2 Å². The standard InChI is InChI=1S/C13H9ClN4O2S/c1-7-15-10(6-21-7)12-17-18-13(20-12)16-11(19)8-4-2-3-5-9(8)14/h2-6H,1H3,(H,16,18,19). The normalized spacial score (nSPS) is 10.6. The van der Waals surface area contributed by atoms with Crippen molar-refractivity contribution in [3.8, 4) is 11.6 Å². The molecule has 0 aliphatic rings.